The molecule has 1 aliphatic rings. The molecule has 1 N–H and O–H groups in total. The monoisotopic (exact) mass is 228 g/mol. The van der Waals surface area contributed by atoms with Crippen LogP contribution in [0.25, 0.3) is 11.4 Å². The standard InChI is InChI=1S/C13H16N4/c1-9-8-11(6-7-14-9)13-15-12(16-17-13)10-4-2-3-5-10/h6-8,10H,2-5H2,1H3,(H,15,16,17). The molecule has 0 saturated heterocycles. The number of nitrogens with zero attached hydrogens (tertiary/aromatic N) is 3. The van der Waals surface area contributed by atoms with E-state index in [4.69, 9.17) is 0 Å². The number of hydrogen-bond donors (Lipinski definition) is 1. The van der Waals surface area contributed by atoms with Crippen molar-refractivity contribution in [3.63, 3.8) is 0 Å². The average molecular weight is 228 g/mol. The van der Waals surface area contributed by atoms with Crippen LogP contribution < -0.4 is 0 Å². The van der Waals surface area contributed by atoms with Gasteiger partial charge in [-0.3, -0.25) is 10.1 Å². The number of aryl methyl sites for hydroxylation is 1. The minimum absolute atomic E-state index is 0.583. The van der Waals surface area contributed by atoms with Crippen LogP contribution in [0.1, 0.15) is 43.1 Å². The summed E-state index contributed by atoms with van der Waals surface area (Å²) in [5, 5.41) is 7.39. The van der Waals surface area contributed by atoms with Crippen LogP contribution in [0.2, 0.25) is 0 Å². The summed E-state index contributed by atoms with van der Waals surface area (Å²) in [6.07, 6.45) is 6.91. The van der Waals surface area contributed by atoms with Crippen LogP contribution in [0.15, 0.2) is 18.3 Å². The predicted molar refractivity (Wildman–Crippen MR) is 65.6 cm³/mol. The third kappa shape index (κ3) is 2.07. The second-order valence-corrected chi connectivity index (χ2v) is 4.71. The Morgan fingerprint density at radius 2 is 2.12 bits per heavy atom. The van der Waals surface area contributed by atoms with E-state index in [9.17, 15) is 0 Å². The quantitative estimate of drug-likeness (QED) is 0.859. The van der Waals surface area contributed by atoms with E-state index in [0.29, 0.717) is 5.92 Å². The molecule has 4 nitrogen and oxygen atoms in total. The molecule has 2 aromatic rings. The zero-order chi connectivity index (χ0) is 11.7. The van der Waals surface area contributed by atoms with Crippen LogP contribution in [-0.4, -0.2) is 20.2 Å². The maximum Gasteiger partial charge on any atom is 0.181 e. The Morgan fingerprint density at radius 1 is 1.29 bits per heavy atom. The minimum Gasteiger partial charge on any atom is -0.262 e. The van der Waals surface area contributed by atoms with Gasteiger partial charge >= 0.3 is 0 Å². The zero-order valence-electron chi connectivity index (χ0n) is 9.98. The lowest BCUT2D eigenvalue weighted by Gasteiger charge is -2.01. The Bertz CT molecular complexity index is 512. The Balaban J connectivity index is 1.89. The number of pyridine rings is 1. The first-order valence-electron chi connectivity index (χ1n) is 6.18. The van der Waals surface area contributed by atoms with Crippen LogP contribution in [0.4, 0.5) is 0 Å². The van der Waals surface area contributed by atoms with E-state index >= 15 is 0 Å². The van der Waals surface area contributed by atoms with E-state index in [0.717, 1.165) is 22.9 Å². The summed E-state index contributed by atoms with van der Waals surface area (Å²) in [6.45, 7) is 1.98. The topological polar surface area (TPSA) is 54.5 Å². The van der Waals surface area contributed by atoms with Crippen LogP contribution in [0, 0.1) is 6.92 Å². The molecule has 1 aliphatic carbocycles. The highest BCUT2D eigenvalue weighted by atomic mass is 15.2. The van der Waals surface area contributed by atoms with Gasteiger partial charge < -0.3 is 0 Å². The smallest absolute Gasteiger partial charge is 0.181 e. The minimum atomic E-state index is 0.583. The molecule has 3 rings (SSSR count). The second kappa shape index (κ2) is 4.28. The molecule has 2 aromatic heterocycles. The highest BCUT2D eigenvalue weighted by molar-refractivity contribution is 5.54. The summed E-state index contributed by atoms with van der Waals surface area (Å²) in [4.78, 5) is 8.79. The largest absolute Gasteiger partial charge is 0.262 e. The van der Waals surface area contributed by atoms with Gasteiger partial charge in [0.1, 0.15) is 5.82 Å². The lowest BCUT2D eigenvalue weighted by molar-refractivity contribution is 0.672. The second-order valence-electron chi connectivity index (χ2n) is 4.71. The van der Waals surface area contributed by atoms with Crippen molar-refractivity contribution >= 4 is 0 Å². The highest BCUT2D eigenvalue weighted by Crippen LogP contribution is 2.32. The lowest BCUT2D eigenvalue weighted by Crippen LogP contribution is -1.94. The van der Waals surface area contributed by atoms with E-state index < -0.39 is 0 Å². The number of aromatic amines is 1. The fourth-order valence-electron chi connectivity index (χ4n) is 2.47. The van der Waals surface area contributed by atoms with Gasteiger partial charge in [0.2, 0.25) is 0 Å². The third-order valence-corrected chi connectivity index (χ3v) is 3.40. The normalized spacial score (nSPS) is 16.5. The highest BCUT2D eigenvalue weighted by Gasteiger charge is 2.20. The van der Waals surface area contributed by atoms with Gasteiger partial charge in [0.15, 0.2) is 5.82 Å². The summed E-state index contributed by atoms with van der Waals surface area (Å²) >= 11 is 0. The summed E-state index contributed by atoms with van der Waals surface area (Å²) in [7, 11) is 0. The fourth-order valence-corrected chi connectivity index (χ4v) is 2.47. The van der Waals surface area contributed by atoms with Gasteiger partial charge in [-0.25, -0.2) is 4.98 Å². The maximum absolute atomic E-state index is 4.61. The number of hydrogen-bond acceptors (Lipinski definition) is 3. The predicted octanol–water partition coefficient (Wildman–Crippen LogP) is 2.83. The average Bonchev–Trinajstić information content (AvgIpc) is 3.00. The molecule has 2 heterocycles. The van der Waals surface area contributed by atoms with Crippen molar-refractivity contribution in [2.45, 2.75) is 38.5 Å². The molecular weight excluding hydrogens is 212 g/mol. The number of nitrogens with one attached hydrogen (secondary N) is 1. The molecule has 0 spiro atoms. The number of H-pyrrole nitrogens is 1. The van der Waals surface area contributed by atoms with Gasteiger partial charge in [-0.1, -0.05) is 12.8 Å². The molecule has 4 heteroatoms. The van der Waals surface area contributed by atoms with Gasteiger partial charge in [0.05, 0.1) is 0 Å². The van der Waals surface area contributed by atoms with Crippen molar-refractivity contribution in [1.29, 1.82) is 0 Å². The molecule has 88 valence electrons. The molecule has 0 amide bonds. The maximum atomic E-state index is 4.61. The fraction of sp³-hybridized carbons (Fsp3) is 0.462. The van der Waals surface area contributed by atoms with Gasteiger partial charge in [-0.2, -0.15) is 5.10 Å². The SMILES string of the molecule is Cc1cc(-c2n[nH]c(C3CCCC3)n2)ccn1. The Labute approximate surface area is 101 Å². The summed E-state index contributed by atoms with van der Waals surface area (Å²) in [5.41, 5.74) is 2.03. The Kier molecular flexibility index (Phi) is 2.63. The van der Waals surface area contributed by atoms with E-state index in [1.807, 2.05) is 19.1 Å². The molecule has 0 aliphatic heterocycles. The van der Waals surface area contributed by atoms with Crippen LogP contribution in [0.5, 0.6) is 0 Å². The van der Waals surface area contributed by atoms with Gasteiger partial charge in [0.25, 0.3) is 0 Å². The molecule has 0 bridgehead atoms. The molecule has 0 aromatic carbocycles. The van der Waals surface area contributed by atoms with Crippen molar-refractivity contribution in [3.05, 3.63) is 29.8 Å². The molecule has 17 heavy (non-hydrogen) atoms. The number of aromatic nitrogens is 4. The summed E-state index contributed by atoms with van der Waals surface area (Å²) in [6, 6.07) is 3.97. The third-order valence-electron chi connectivity index (χ3n) is 3.40. The van der Waals surface area contributed by atoms with Crippen LogP contribution >= 0.6 is 0 Å². The van der Waals surface area contributed by atoms with E-state index in [2.05, 4.69) is 20.2 Å². The van der Waals surface area contributed by atoms with Crippen molar-refractivity contribution in [2.24, 2.45) is 0 Å². The zero-order valence-corrected chi connectivity index (χ0v) is 9.98. The summed E-state index contributed by atoms with van der Waals surface area (Å²) < 4.78 is 0. The van der Waals surface area contributed by atoms with Crippen LogP contribution in [0.3, 0.4) is 0 Å². The first kappa shape index (κ1) is 10.4. The summed E-state index contributed by atoms with van der Waals surface area (Å²) in [5.74, 6) is 2.42. The Hall–Kier alpha value is -1.71. The van der Waals surface area contributed by atoms with Gasteiger partial charge in [0, 0.05) is 23.4 Å². The first-order valence-corrected chi connectivity index (χ1v) is 6.18. The van der Waals surface area contributed by atoms with Gasteiger partial charge in [-0.05, 0) is 31.9 Å². The van der Waals surface area contributed by atoms with Crippen molar-refractivity contribution in [2.75, 3.05) is 0 Å². The van der Waals surface area contributed by atoms with Gasteiger partial charge in [-0.15, -0.1) is 0 Å². The number of rotatable bonds is 2. The van der Waals surface area contributed by atoms with Crippen molar-refractivity contribution in [1.82, 2.24) is 20.2 Å². The molecule has 1 saturated carbocycles. The molecular formula is C13H16N4. The molecule has 0 atom stereocenters. The molecule has 0 unspecified atom stereocenters. The van der Waals surface area contributed by atoms with E-state index in [1.54, 1.807) is 6.20 Å². The van der Waals surface area contributed by atoms with E-state index in [-0.39, 0.29) is 0 Å². The lowest BCUT2D eigenvalue weighted by atomic mass is 10.1. The van der Waals surface area contributed by atoms with Crippen molar-refractivity contribution in [3.8, 4) is 11.4 Å². The van der Waals surface area contributed by atoms with E-state index in [1.165, 1.54) is 25.7 Å². The molecule has 0 radical (unpaired) electrons. The van der Waals surface area contributed by atoms with Crippen molar-refractivity contribution < 1.29 is 0 Å². The first-order chi connectivity index (χ1) is 8.33. The van der Waals surface area contributed by atoms with Crippen LogP contribution in [-0.2, 0) is 0 Å². The Morgan fingerprint density at radius 3 is 2.88 bits per heavy atom. The molecule has 1 fully saturated rings.